The van der Waals surface area contributed by atoms with E-state index in [1.54, 1.807) is 0 Å². The standard InChI is InChI=1S/C29H33O4S/c1-23(28(30)32-18-25-12-6-3-7-13-25)20-34(22-27-16-10-5-11-17-27)21-24(2)29(31)33-19-26-14-8-4-9-15-26/h3-17,23-24H,18-22H2,1-2H3/q+1. The summed E-state index contributed by atoms with van der Waals surface area (Å²) in [5.74, 6) is 1.29. The second-order valence-corrected chi connectivity index (χ2v) is 10.7. The molecule has 0 saturated heterocycles. The molecule has 178 valence electrons. The summed E-state index contributed by atoms with van der Waals surface area (Å²) in [5.41, 5.74) is 3.16. The van der Waals surface area contributed by atoms with E-state index in [0.29, 0.717) is 11.5 Å². The summed E-state index contributed by atoms with van der Waals surface area (Å²) in [6.07, 6.45) is 0. The maximum Gasteiger partial charge on any atom is 0.313 e. The predicted molar refractivity (Wildman–Crippen MR) is 138 cm³/mol. The molecule has 3 aromatic rings. The van der Waals surface area contributed by atoms with E-state index in [-0.39, 0.29) is 47.9 Å². The molecule has 0 aromatic heterocycles. The van der Waals surface area contributed by atoms with Gasteiger partial charge in [0, 0.05) is 5.56 Å². The van der Waals surface area contributed by atoms with Crippen LogP contribution in [0.5, 0.6) is 0 Å². The van der Waals surface area contributed by atoms with Crippen LogP contribution in [0.4, 0.5) is 0 Å². The second-order valence-electron chi connectivity index (χ2n) is 8.56. The molecule has 0 fully saturated rings. The van der Waals surface area contributed by atoms with Crippen LogP contribution in [0.3, 0.4) is 0 Å². The lowest BCUT2D eigenvalue weighted by Crippen LogP contribution is -2.31. The first-order valence-electron chi connectivity index (χ1n) is 11.6. The van der Waals surface area contributed by atoms with Gasteiger partial charge in [-0.1, -0.05) is 91.0 Å². The van der Waals surface area contributed by atoms with Crippen LogP contribution < -0.4 is 0 Å². The Morgan fingerprint density at radius 1 is 0.618 bits per heavy atom. The van der Waals surface area contributed by atoms with Crippen LogP contribution in [-0.2, 0) is 48.9 Å². The van der Waals surface area contributed by atoms with Gasteiger partial charge in [-0.25, -0.2) is 0 Å². The fourth-order valence-electron chi connectivity index (χ4n) is 3.58. The normalized spacial score (nSPS) is 13.5. The lowest BCUT2D eigenvalue weighted by atomic mass is 10.2. The molecular formula is C29H33O4S+. The quantitative estimate of drug-likeness (QED) is 0.253. The minimum atomic E-state index is -0.247. The Morgan fingerprint density at radius 3 is 1.35 bits per heavy atom. The van der Waals surface area contributed by atoms with E-state index in [4.69, 9.17) is 9.47 Å². The molecule has 5 heteroatoms. The Morgan fingerprint density at radius 2 is 0.971 bits per heavy atom. The van der Waals surface area contributed by atoms with Crippen molar-refractivity contribution in [1.82, 2.24) is 0 Å². The minimum Gasteiger partial charge on any atom is -0.460 e. The number of hydrogen-bond acceptors (Lipinski definition) is 4. The van der Waals surface area contributed by atoms with E-state index >= 15 is 0 Å². The van der Waals surface area contributed by atoms with Gasteiger partial charge in [-0.2, -0.15) is 0 Å². The van der Waals surface area contributed by atoms with Gasteiger partial charge in [-0.3, -0.25) is 9.59 Å². The Labute approximate surface area is 205 Å². The zero-order valence-electron chi connectivity index (χ0n) is 19.9. The van der Waals surface area contributed by atoms with Gasteiger partial charge >= 0.3 is 11.9 Å². The summed E-state index contributed by atoms with van der Waals surface area (Å²) < 4.78 is 11.1. The lowest BCUT2D eigenvalue weighted by molar-refractivity contribution is -0.149. The summed E-state index contributed by atoms with van der Waals surface area (Å²) in [4.78, 5) is 25.3. The van der Waals surface area contributed by atoms with Gasteiger partial charge in [0.05, 0.1) is 11.8 Å². The van der Waals surface area contributed by atoms with Crippen molar-refractivity contribution in [3.05, 3.63) is 108 Å². The van der Waals surface area contributed by atoms with Crippen molar-refractivity contribution in [3.8, 4) is 0 Å². The highest BCUT2D eigenvalue weighted by atomic mass is 32.2. The molecule has 4 nitrogen and oxygen atoms in total. The number of carbonyl (C=O) groups excluding carboxylic acids is 2. The Balaban J connectivity index is 1.57. The summed E-state index contributed by atoms with van der Waals surface area (Å²) >= 11 is 0. The van der Waals surface area contributed by atoms with Crippen molar-refractivity contribution < 1.29 is 19.1 Å². The average Bonchev–Trinajstić information content (AvgIpc) is 2.87. The number of rotatable bonds is 12. The van der Waals surface area contributed by atoms with E-state index < -0.39 is 0 Å². The molecule has 0 aliphatic heterocycles. The van der Waals surface area contributed by atoms with Crippen LogP contribution in [0.15, 0.2) is 91.0 Å². The molecule has 0 spiro atoms. The fourth-order valence-corrected chi connectivity index (χ4v) is 6.30. The minimum absolute atomic E-state index is 0.175. The van der Waals surface area contributed by atoms with Gasteiger partial charge in [-0.05, 0) is 35.9 Å². The Hall–Kier alpha value is -3.05. The molecule has 0 aliphatic rings. The largest absolute Gasteiger partial charge is 0.460 e. The van der Waals surface area contributed by atoms with E-state index in [0.717, 1.165) is 16.9 Å². The lowest BCUT2D eigenvalue weighted by Gasteiger charge is -2.17. The van der Waals surface area contributed by atoms with E-state index in [2.05, 4.69) is 12.1 Å². The molecule has 2 atom stereocenters. The average molecular weight is 478 g/mol. The number of carbonyl (C=O) groups is 2. The van der Waals surface area contributed by atoms with Crippen molar-refractivity contribution in [2.24, 2.45) is 11.8 Å². The SMILES string of the molecule is CC(C[S+](Cc1ccccc1)CC(C)C(=O)OCc1ccccc1)C(=O)OCc1ccccc1. The third-order valence-corrected chi connectivity index (χ3v) is 8.12. The molecule has 0 amide bonds. The highest BCUT2D eigenvalue weighted by Crippen LogP contribution is 2.19. The molecule has 2 unspecified atom stereocenters. The van der Waals surface area contributed by atoms with E-state index in [1.807, 2.05) is 92.7 Å². The van der Waals surface area contributed by atoms with Crippen LogP contribution in [0.1, 0.15) is 30.5 Å². The maximum absolute atomic E-state index is 12.7. The summed E-state index contributed by atoms with van der Waals surface area (Å²) in [6.45, 7) is 4.38. The van der Waals surface area contributed by atoms with Crippen LogP contribution in [0.2, 0.25) is 0 Å². The van der Waals surface area contributed by atoms with Crippen molar-refractivity contribution in [1.29, 1.82) is 0 Å². The zero-order valence-corrected chi connectivity index (χ0v) is 20.7. The molecule has 3 rings (SSSR count). The van der Waals surface area contributed by atoms with Gasteiger partial charge in [-0.15, -0.1) is 0 Å². The number of hydrogen-bond donors (Lipinski definition) is 0. The van der Waals surface area contributed by atoms with Crippen molar-refractivity contribution >= 4 is 22.8 Å². The van der Waals surface area contributed by atoms with Crippen LogP contribution in [-0.4, -0.2) is 23.4 Å². The molecule has 0 bridgehead atoms. The molecular weight excluding hydrogens is 444 g/mol. The smallest absolute Gasteiger partial charge is 0.313 e. The number of ether oxygens (including phenoxy) is 2. The summed E-state index contributed by atoms with van der Waals surface area (Å²) in [7, 11) is -0.175. The first-order chi connectivity index (χ1) is 16.5. The Bertz CT molecular complexity index is 945. The fraction of sp³-hybridized carbons (Fsp3) is 0.310. The van der Waals surface area contributed by atoms with Crippen molar-refractivity contribution in [3.63, 3.8) is 0 Å². The zero-order chi connectivity index (χ0) is 24.2. The van der Waals surface area contributed by atoms with Crippen LogP contribution >= 0.6 is 0 Å². The molecule has 0 aliphatic carbocycles. The van der Waals surface area contributed by atoms with Gasteiger partial charge < -0.3 is 9.47 Å². The first-order valence-corrected chi connectivity index (χ1v) is 13.3. The molecule has 34 heavy (non-hydrogen) atoms. The molecule has 0 heterocycles. The van der Waals surface area contributed by atoms with E-state index in [1.165, 1.54) is 5.56 Å². The molecule has 0 N–H and O–H groups in total. The third kappa shape index (κ3) is 8.71. The van der Waals surface area contributed by atoms with Gasteiger partial charge in [0.1, 0.15) is 30.5 Å². The van der Waals surface area contributed by atoms with Gasteiger partial charge in [0.2, 0.25) is 0 Å². The molecule has 0 radical (unpaired) electrons. The van der Waals surface area contributed by atoms with Crippen LogP contribution in [0, 0.1) is 11.8 Å². The molecule has 0 saturated carbocycles. The first kappa shape index (κ1) is 25.6. The topological polar surface area (TPSA) is 52.6 Å². The van der Waals surface area contributed by atoms with Gasteiger partial charge in [0.25, 0.3) is 0 Å². The van der Waals surface area contributed by atoms with Crippen molar-refractivity contribution in [2.75, 3.05) is 11.5 Å². The number of benzene rings is 3. The van der Waals surface area contributed by atoms with Crippen LogP contribution in [0.25, 0.3) is 0 Å². The van der Waals surface area contributed by atoms with Gasteiger partial charge in [0.15, 0.2) is 0 Å². The molecule has 3 aromatic carbocycles. The highest BCUT2D eigenvalue weighted by molar-refractivity contribution is 7.96. The predicted octanol–water partition coefficient (Wildman–Crippen LogP) is 5.56. The number of esters is 2. The Kier molecular flexibility index (Phi) is 10.2. The highest BCUT2D eigenvalue weighted by Gasteiger charge is 2.32. The monoisotopic (exact) mass is 477 g/mol. The maximum atomic E-state index is 12.7. The van der Waals surface area contributed by atoms with E-state index in [9.17, 15) is 9.59 Å². The third-order valence-electron chi connectivity index (χ3n) is 5.44. The summed E-state index contributed by atoms with van der Waals surface area (Å²) in [5, 5.41) is 0. The van der Waals surface area contributed by atoms with Crippen molar-refractivity contribution in [2.45, 2.75) is 32.8 Å². The second kappa shape index (κ2) is 13.6. The summed E-state index contributed by atoms with van der Waals surface area (Å²) in [6, 6.07) is 29.6.